The van der Waals surface area contributed by atoms with Crippen LogP contribution in [0.5, 0.6) is 11.5 Å². The van der Waals surface area contributed by atoms with Crippen molar-refractivity contribution >= 4 is 21.6 Å². The van der Waals surface area contributed by atoms with Crippen molar-refractivity contribution in [3.05, 3.63) is 54.1 Å². The Morgan fingerprint density at radius 2 is 1.82 bits per heavy atom. The molecule has 8 heteroatoms. The second-order valence-corrected chi connectivity index (χ2v) is 10.4. The first kappa shape index (κ1) is 24.9. The third-order valence-corrected chi connectivity index (χ3v) is 7.54. The maximum absolute atomic E-state index is 12.8. The van der Waals surface area contributed by atoms with E-state index >= 15 is 0 Å². The van der Waals surface area contributed by atoms with Crippen LogP contribution >= 0.6 is 0 Å². The van der Waals surface area contributed by atoms with Gasteiger partial charge in [0.25, 0.3) is 0 Å². The molecule has 1 aliphatic heterocycles. The van der Waals surface area contributed by atoms with E-state index < -0.39 is 10.0 Å². The van der Waals surface area contributed by atoms with Gasteiger partial charge in [-0.3, -0.25) is 9.10 Å². The molecular formula is C25H34N2O5S. The highest BCUT2D eigenvalue weighted by Crippen LogP contribution is 2.42. The van der Waals surface area contributed by atoms with E-state index in [9.17, 15) is 13.2 Å². The first-order valence-electron chi connectivity index (χ1n) is 11.4. The Labute approximate surface area is 197 Å². The zero-order valence-corrected chi connectivity index (χ0v) is 20.7. The zero-order valence-electron chi connectivity index (χ0n) is 19.8. The molecule has 3 rings (SSSR count). The van der Waals surface area contributed by atoms with Crippen molar-refractivity contribution in [2.24, 2.45) is 0 Å². The maximum atomic E-state index is 12.8. The van der Waals surface area contributed by atoms with Gasteiger partial charge in [-0.05, 0) is 49.6 Å². The lowest BCUT2D eigenvalue weighted by Crippen LogP contribution is -2.44. The maximum Gasteiger partial charge on any atom is 0.232 e. The molecular weight excluding hydrogens is 440 g/mol. The quantitative estimate of drug-likeness (QED) is 0.550. The molecule has 2 aromatic carbocycles. The molecule has 1 atom stereocenters. The number of benzene rings is 2. The van der Waals surface area contributed by atoms with Crippen LogP contribution < -0.4 is 19.1 Å². The Morgan fingerprint density at radius 3 is 2.42 bits per heavy atom. The first-order valence-corrected chi connectivity index (χ1v) is 13.2. The molecule has 0 fully saturated rings. The number of carbonyl (C=O) groups excluding carboxylic acids is 1. The number of ether oxygens (including phenoxy) is 2. The van der Waals surface area contributed by atoms with Gasteiger partial charge >= 0.3 is 0 Å². The van der Waals surface area contributed by atoms with E-state index in [1.807, 2.05) is 24.3 Å². The summed E-state index contributed by atoms with van der Waals surface area (Å²) in [6.45, 7) is 4.43. The molecule has 0 aromatic heterocycles. The van der Waals surface area contributed by atoms with Crippen LogP contribution in [-0.2, 0) is 14.8 Å². The number of para-hydroxylation sites is 1. The smallest absolute Gasteiger partial charge is 0.232 e. The Bertz CT molecular complexity index is 1050. The summed E-state index contributed by atoms with van der Waals surface area (Å²) in [6.07, 6.45) is 4.23. The predicted molar refractivity (Wildman–Crippen MR) is 130 cm³/mol. The number of sulfonamides is 1. The van der Waals surface area contributed by atoms with Gasteiger partial charge in [0.2, 0.25) is 15.9 Å². The number of amides is 1. The Balaban J connectivity index is 1.65. The molecule has 180 valence electrons. The summed E-state index contributed by atoms with van der Waals surface area (Å²) in [4.78, 5) is 12.8. The summed E-state index contributed by atoms with van der Waals surface area (Å²) in [5.41, 5.74) is 1.24. The van der Waals surface area contributed by atoms with Crippen molar-refractivity contribution in [1.29, 1.82) is 0 Å². The SMILES string of the molecule is CCC1(CC)C[C@H](NC(=O)CCCN(c2ccc(OC)cc2)S(C)(=O)=O)c2ccccc2O1. The molecule has 1 amide bonds. The van der Waals surface area contributed by atoms with Gasteiger partial charge in [0.1, 0.15) is 17.1 Å². The van der Waals surface area contributed by atoms with E-state index in [0.717, 1.165) is 24.2 Å². The molecule has 0 radical (unpaired) electrons. The van der Waals surface area contributed by atoms with Gasteiger partial charge in [-0.2, -0.15) is 0 Å². The normalized spacial score (nSPS) is 16.9. The average molecular weight is 475 g/mol. The lowest BCUT2D eigenvalue weighted by atomic mass is 9.83. The predicted octanol–water partition coefficient (Wildman–Crippen LogP) is 4.44. The molecule has 0 spiro atoms. The Morgan fingerprint density at radius 1 is 1.15 bits per heavy atom. The highest BCUT2D eigenvalue weighted by atomic mass is 32.2. The number of fused-ring (bicyclic) bond motifs is 1. The van der Waals surface area contributed by atoms with E-state index in [1.165, 1.54) is 10.6 Å². The number of hydrogen-bond acceptors (Lipinski definition) is 5. The lowest BCUT2D eigenvalue weighted by Gasteiger charge is -2.41. The average Bonchev–Trinajstić information content (AvgIpc) is 2.81. The van der Waals surface area contributed by atoms with Crippen LogP contribution in [0.4, 0.5) is 5.69 Å². The highest BCUT2D eigenvalue weighted by Gasteiger charge is 2.38. The molecule has 1 heterocycles. The Hall–Kier alpha value is -2.74. The second kappa shape index (κ2) is 10.5. The third-order valence-electron chi connectivity index (χ3n) is 6.35. The van der Waals surface area contributed by atoms with Gasteiger partial charge in [0, 0.05) is 24.9 Å². The molecule has 1 aliphatic rings. The van der Waals surface area contributed by atoms with Gasteiger partial charge in [-0.15, -0.1) is 0 Å². The molecule has 0 saturated heterocycles. The van der Waals surface area contributed by atoms with E-state index in [0.29, 0.717) is 24.3 Å². The number of rotatable bonds is 10. The Kier molecular flexibility index (Phi) is 7.89. The first-order chi connectivity index (χ1) is 15.7. The van der Waals surface area contributed by atoms with Gasteiger partial charge in [0.05, 0.1) is 25.1 Å². The van der Waals surface area contributed by atoms with Crippen molar-refractivity contribution < 1.29 is 22.7 Å². The second-order valence-electron chi connectivity index (χ2n) is 8.49. The summed E-state index contributed by atoms with van der Waals surface area (Å²) < 4.78 is 37.4. The van der Waals surface area contributed by atoms with E-state index in [1.54, 1.807) is 31.4 Å². The number of nitrogens with one attached hydrogen (secondary N) is 1. The molecule has 7 nitrogen and oxygen atoms in total. The van der Waals surface area contributed by atoms with Crippen molar-refractivity contribution in [2.45, 2.75) is 57.6 Å². The van der Waals surface area contributed by atoms with Crippen molar-refractivity contribution in [3.8, 4) is 11.5 Å². The monoisotopic (exact) mass is 474 g/mol. The minimum absolute atomic E-state index is 0.0963. The summed E-state index contributed by atoms with van der Waals surface area (Å²) in [5, 5.41) is 3.16. The summed E-state index contributed by atoms with van der Waals surface area (Å²) >= 11 is 0. The zero-order chi connectivity index (χ0) is 24.1. The van der Waals surface area contributed by atoms with Crippen LogP contribution in [0.15, 0.2) is 48.5 Å². The number of anilines is 1. The van der Waals surface area contributed by atoms with Crippen LogP contribution in [0.1, 0.15) is 57.6 Å². The van der Waals surface area contributed by atoms with Crippen molar-refractivity contribution in [1.82, 2.24) is 5.32 Å². The number of hydrogen-bond donors (Lipinski definition) is 1. The van der Waals surface area contributed by atoms with Gasteiger partial charge < -0.3 is 14.8 Å². The van der Waals surface area contributed by atoms with Crippen LogP contribution in [0.3, 0.4) is 0 Å². The molecule has 1 N–H and O–H groups in total. The number of carbonyl (C=O) groups is 1. The standard InChI is InChI=1S/C25H34N2O5S/c1-5-25(6-2)18-22(21-10-7-8-11-23(21)32-25)26-24(28)12-9-17-27(33(4,29)30)19-13-15-20(31-3)16-14-19/h7-8,10-11,13-16,22H,5-6,9,12,17-18H2,1-4H3,(H,26,28)/t22-/m0/s1. The van der Waals surface area contributed by atoms with Crippen molar-refractivity contribution in [3.63, 3.8) is 0 Å². The number of nitrogens with zero attached hydrogens (tertiary/aromatic N) is 1. The van der Waals surface area contributed by atoms with Gasteiger partial charge in [-0.25, -0.2) is 8.42 Å². The largest absolute Gasteiger partial charge is 0.497 e. The molecule has 2 aromatic rings. The molecule has 0 saturated carbocycles. The lowest BCUT2D eigenvalue weighted by molar-refractivity contribution is -0.122. The topological polar surface area (TPSA) is 84.9 Å². The van der Waals surface area contributed by atoms with Crippen LogP contribution in [0.2, 0.25) is 0 Å². The molecule has 33 heavy (non-hydrogen) atoms. The van der Waals surface area contributed by atoms with E-state index in [4.69, 9.17) is 9.47 Å². The minimum atomic E-state index is -3.48. The van der Waals surface area contributed by atoms with Gasteiger partial charge in [-0.1, -0.05) is 32.0 Å². The highest BCUT2D eigenvalue weighted by molar-refractivity contribution is 7.92. The summed E-state index contributed by atoms with van der Waals surface area (Å²) in [7, 11) is -1.92. The van der Waals surface area contributed by atoms with Crippen LogP contribution in [-0.4, -0.2) is 39.8 Å². The molecule has 0 aliphatic carbocycles. The molecule has 0 bridgehead atoms. The van der Waals surface area contributed by atoms with Gasteiger partial charge in [0.15, 0.2) is 0 Å². The van der Waals surface area contributed by atoms with Crippen LogP contribution in [0.25, 0.3) is 0 Å². The fourth-order valence-electron chi connectivity index (χ4n) is 4.31. The third kappa shape index (κ3) is 5.99. The fourth-order valence-corrected chi connectivity index (χ4v) is 5.28. The number of methoxy groups -OCH3 is 1. The van der Waals surface area contributed by atoms with E-state index in [-0.39, 0.29) is 30.5 Å². The minimum Gasteiger partial charge on any atom is -0.497 e. The summed E-state index contributed by atoms with van der Waals surface area (Å²) in [5.74, 6) is 1.38. The summed E-state index contributed by atoms with van der Waals surface area (Å²) in [6, 6.07) is 14.5. The van der Waals surface area contributed by atoms with Crippen LogP contribution in [0, 0.1) is 0 Å². The molecule has 0 unspecified atom stereocenters. The van der Waals surface area contributed by atoms with E-state index in [2.05, 4.69) is 19.2 Å². The fraction of sp³-hybridized carbons (Fsp3) is 0.480. The van der Waals surface area contributed by atoms with Crippen molar-refractivity contribution in [2.75, 3.05) is 24.2 Å².